The molecule has 2 nitrogen and oxygen atoms in total. The second-order valence-corrected chi connectivity index (χ2v) is 10.1. The van der Waals surface area contributed by atoms with Crippen molar-refractivity contribution in [3.63, 3.8) is 0 Å². The predicted octanol–water partition coefficient (Wildman–Crippen LogP) is 6.32. The molecule has 0 unspecified atom stereocenters. The van der Waals surface area contributed by atoms with Gasteiger partial charge in [0.25, 0.3) is 0 Å². The topological polar surface area (TPSA) is 40.9 Å². The van der Waals surface area contributed by atoms with E-state index in [0.29, 0.717) is 6.42 Å². The number of carbonyl (C=O) groups is 1. The van der Waals surface area contributed by atoms with Crippen LogP contribution >= 0.6 is 17.0 Å². The number of rotatable bonds is 2. The zero-order valence-electron chi connectivity index (χ0n) is 14.9. The minimum atomic E-state index is -0.826. The third-order valence-electron chi connectivity index (χ3n) is 3.09. The molecule has 2 aromatic carbocycles. The molecule has 1 radical (unpaired) electrons. The Morgan fingerprint density at radius 3 is 2.28 bits per heavy atom. The molecular formula is C19H24Cl2NOSiZr. The van der Waals surface area contributed by atoms with Gasteiger partial charge < -0.3 is 10.5 Å². The van der Waals surface area contributed by atoms with Crippen molar-refractivity contribution in [1.29, 1.82) is 0 Å². The number of halogens is 2. The molecule has 1 amide bonds. The smallest absolute Gasteiger partial charge is 0.0253 e. The van der Waals surface area contributed by atoms with Gasteiger partial charge in [0.05, 0.1) is 0 Å². The molecule has 0 aromatic heterocycles. The van der Waals surface area contributed by atoms with Gasteiger partial charge in [-0.2, -0.15) is 29.8 Å². The Morgan fingerprint density at radius 2 is 1.76 bits per heavy atom. The van der Waals surface area contributed by atoms with Crippen LogP contribution < -0.4 is 0 Å². The first-order valence-electron chi connectivity index (χ1n) is 8.08. The molecule has 0 heterocycles. The van der Waals surface area contributed by atoms with Gasteiger partial charge >= 0.3 is 37.9 Å². The maximum atomic E-state index is 9.71. The molecule has 0 bridgehead atoms. The molecule has 0 aliphatic heterocycles. The average molecular weight is 473 g/mol. The van der Waals surface area contributed by atoms with E-state index in [1.165, 1.54) is 22.3 Å². The summed E-state index contributed by atoms with van der Waals surface area (Å²) in [5.41, 5.74) is 11.8. The fourth-order valence-corrected chi connectivity index (χ4v) is 2.22. The summed E-state index contributed by atoms with van der Waals surface area (Å²) < 4.78 is 0. The summed E-state index contributed by atoms with van der Waals surface area (Å²) in [6.45, 7) is 6.30. The molecule has 1 aliphatic rings. The minimum absolute atomic E-state index is 0.403. The summed E-state index contributed by atoms with van der Waals surface area (Å²) in [6.07, 6.45) is 2.24. The predicted molar refractivity (Wildman–Crippen MR) is 108 cm³/mol. The van der Waals surface area contributed by atoms with Crippen LogP contribution in [0.15, 0.2) is 42.5 Å². The van der Waals surface area contributed by atoms with Crippen LogP contribution in [0.4, 0.5) is 0 Å². The second-order valence-electron chi connectivity index (χ2n) is 5.22. The molecule has 25 heavy (non-hydrogen) atoms. The van der Waals surface area contributed by atoms with Gasteiger partial charge in [-0.1, -0.05) is 61.8 Å². The number of amides is 1. The molecule has 133 valence electrons. The van der Waals surface area contributed by atoms with Crippen LogP contribution in [0.3, 0.4) is 0 Å². The van der Waals surface area contributed by atoms with Crippen molar-refractivity contribution in [2.75, 3.05) is 0 Å². The number of fused-ring (bicyclic) bond motifs is 3. The Balaban J connectivity index is 0.000000407. The Bertz CT molecular complexity index is 580. The minimum Gasteiger partial charge on any atom is -0.179 e. The van der Waals surface area contributed by atoms with Crippen LogP contribution in [-0.4, -0.2) is 15.4 Å². The number of hydrogen-bond acceptors (Lipinski definition) is 1. The largest absolute Gasteiger partial charge is 0.179 e. The van der Waals surface area contributed by atoms with E-state index in [4.69, 9.17) is 22.8 Å². The van der Waals surface area contributed by atoms with Gasteiger partial charge in [-0.05, 0) is 12.8 Å². The summed E-state index contributed by atoms with van der Waals surface area (Å²) in [6, 6.07) is 18.1. The third-order valence-corrected chi connectivity index (χ3v) is 3.09. The van der Waals surface area contributed by atoms with E-state index in [2.05, 4.69) is 55.6 Å². The van der Waals surface area contributed by atoms with E-state index < -0.39 is 26.8 Å². The summed E-state index contributed by atoms with van der Waals surface area (Å²) in [5, 5.41) is 0. The molecule has 0 fully saturated rings. The zero-order chi connectivity index (χ0) is 19.1. The summed E-state index contributed by atoms with van der Waals surface area (Å²) in [7, 11) is 10.6. The van der Waals surface area contributed by atoms with E-state index >= 15 is 0 Å². The SMILES string of the molecule is CCCC([NH-])=O.C[SiH]C.[Cl][Zr+2][Cl].[c-]1cccc2c1Cc1ccccc1-2. The fraction of sp³-hybridized carbons (Fsp3) is 0.316. The maximum Gasteiger partial charge on any atom is -0.0253 e. The van der Waals surface area contributed by atoms with Crippen LogP contribution in [0, 0.1) is 6.07 Å². The van der Waals surface area contributed by atoms with Crippen LogP contribution in [0.1, 0.15) is 30.9 Å². The Hall–Kier alpha value is -0.410. The monoisotopic (exact) mass is 470 g/mol. The van der Waals surface area contributed by atoms with Gasteiger partial charge in [-0.3, -0.25) is 0 Å². The van der Waals surface area contributed by atoms with Crippen LogP contribution in [-0.2, 0) is 32.1 Å². The van der Waals surface area contributed by atoms with E-state index in [9.17, 15) is 4.79 Å². The molecule has 6 heteroatoms. The quantitative estimate of drug-likeness (QED) is 0.318. The summed E-state index contributed by atoms with van der Waals surface area (Å²) in [4.78, 5) is 9.71. The molecule has 0 spiro atoms. The number of hydrogen-bond donors (Lipinski definition) is 0. The van der Waals surface area contributed by atoms with Gasteiger partial charge in [-0.25, -0.2) is 0 Å². The van der Waals surface area contributed by atoms with Crippen LogP contribution in [0.2, 0.25) is 13.1 Å². The average Bonchev–Trinajstić information content (AvgIpc) is 2.95. The molecule has 0 saturated carbocycles. The summed E-state index contributed by atoms with van der Waals surface area (Å²) in [5.74, 6) is -0.461. The van der Waals surface area contributed by atoms with E-state index in [1.54, 1.807) is 0 Å². The molecule has 3 rings (SSSR count). The van der Waals surface area contributed by atoms with Gasteiger partial charge in [0, 0.05) is 15.4 Å². The second kappa shape index (κ2) is 15.8. The van der Waals surface area contributed by atoms with Crippen molar-refractivity contribution in [1.82, 2.24) is 0 Å². The Kier molecular flexibility index (Phi) is 15.6. The van der Waals surface area contributed by atoms with Gasteiger partial charge in [0.1, 0.15) is 0 Å². The third kappa shape index (κ3) is 10.4. The summed E-state index contributed by atoms with van der Waals surface area (Å²) >= 11 is -0.826. The first kappa shape index (κ1) is 24.6. The van der Waals surface area contributed by atoms with Crippen molar-refractivity contribution >= 4 is 32.5 Å². The van der Waals surface area contributed by atoms with Crippen LogP contribution in [0.5, 0.6) is 0 Å². The zero-order valence-corrected chi connectivity index (χ0v) is 20.0. The Labute approximate surface area is 173 Å². The van der Waals surface area contributed by atoms with E-state index in [1.807, 2.05) is 13.0 Å². The van der Waals surface area contributed by atoms with Crippen molar-refractivity contribution in [2.45, 2.75) is 39.3 Å². The molecule has 0 saturated heterocycles. The maximum absolute atomic E-state index is 9.71. The van der Waals surface area contributed by atoms with Gasteiger partial charge in [0.2, 0.25) is 0 Å². The van der Waals surface area contributed by atoms with Crippen molar-refractivity contribution in [3.05, 3.63) is 65.4 Å². The van der Waals surface area contributed by atoms with Crippen molar-refractivity contribution < 1.29 is 25.6 Å². The molecule has 1 aliphatic carbocycles. The van der Waals surface area contributed by atoms with Gasteiger partial charge in [-0.15, -0.1) is 5.56 Å². The fourth-order valence-electron chi connectivity index (χ4n) is 2.22. The first-order valence-corrected chi connectivity index (χ1v) is 16.7. The molecule has 0 atom stereocenters. The van der Waals surface area contributed by atoms with E-state index in [0.717, 1.165) is 22.4 Å². The van der Waals surface area contributed by atoms with Gasteiger partial charge in [0.15, 0.2) is 0 Å². The Morgan fingerprint density at radius 1 is 1.20 bits per heavy atom. The van der Waals surface area contributed by atoms with E-state index in [-0.39, 0.29) is 0 Å². The molecule has 2 aromatic rings. The molecule has 1 N–H and O–H groups in total. The molecular weight excluding hydrogens is 448 g/mol. The number of carbonyl (C=O) groups excluding carboxylic acids is 1. The number of benzene rings is 2. The van der Waals surface area contributed by atoms with Crippen molar-refractivity contribution in [3.8, 4) is 11.1 Å². The number of nitrogens with one attached hydrogen (secondary N) is 1. The standard InChI is InChI=1S/C13H9.C4H9NO.C2H7Si.2ClH.Zr/c1-3-7-12-10(5-1)9-11-6-2-4-8-13(11)12;1-2-3-4(5)6;1-3-2;;;/h1-5,7-8H,9H2;2-3H2,1H3,(H2,5,6);3H,1-2H3;2*1H;/q-1;;;;;+4/p-3. The normalized spacial score (nSPS) is 9.48. The van der Waals surface area contributed by atoms with Crippen molar-refractivity contribution in [2.24, 2.45) is 0 Å². The first-order chi connectivity index (χ1) is 12.0. The van der Waals surface area contributed by atoms with Crippen LogP contribution in [0.25, 0.3) is 16.9 Å².